The van der Waals surface area contributed by atoms with E-state index in [4.69, 9.17) is 4.74 Å². The number of thioether (sulfide) groups is 1. The highest BCUT2D eigenvalue weighted by molar-refractivity contribution is 8.00. The Labute approximate surface area is 154 Å². The third-order valence-corrected chi connectivity index (χ3v) is 5.24. The van der Waals surface area contributed by atoms with Crippen molar-refractivity contribution in [1.29, 1.82) is 0 Å². The van der Waals surface area contributed by atoms with Gasteiger partial charge in [0.2, 0.25) is 5.91 Å². The Bertz CT molecular complexity index is 704. The number of carbonyl (C=O) groups is 1. The minimum atomic E-state index is 0.0370. The third-order valence-electron chi connectivity index (χ3n) is 4.07. The number of para-hydroxylation sites is 1. The van der Waals surface area contributed by atoms with E-state index in [0.29, 0.717) is 12.3 Å². The van der Waals surface area contributed by atoms with E-state index in [1.165, 1.54) is 5.56 Å². The van der Waals surface area contributed by atoms with Gasteiger partial charge in [0.1, 0.15) is 5.75 Å². The third kappa shape index (κ3) is 5.51. The van der Waals surface area contributed by atoms with Crippen molar-refractivity contribution in [3.8, 4) is 5.75 Å². The van der Waals surface area contributed by atoms with Crippen molar-refractivity contribution in [2.45, 2.75) is 17.9 Å². The summed E-state index contributed by atoms with van der Waals surface area (Å²) in [5.41, 5.74) is 2.27. The first kappa shape index (κ1) is 19.3. The number of likely N-dealkylation sites (N-methyl/N-ethyl adjacent to an activating group) is 1. The first-order chi connectivity index (χ1) is 12.0. The lowest BCUT2D eigenvalue weighted by Crippen LogP contribution is -2.35. The Balaban J connectivity index is 1.95. The molecule has 134 valence electrons. The molecule has 25 heavy (non-hydrogen) atoms. The summed E-state index contributed by atoms with van der Waals surface area (Å²) in [6.07, 6.45) is 0. The minimum absolute atomic E-state index is 0.0370. The fourth-order valence-electron chi connectivity index (χ4n) is 2.64. The molecule has 0 bridgehead atoms. The second-order valence-electron chi connectivity index (χ2n) is 6.08. The van der Waals surface area contributed by atoms with Gasteiger partial charge in [0.05, 0.1) is 18.9 Å². The summed E-state index contributed by atoms with van der Waals surface area (Å²) in [4.78, 5) is 15.5. The van der Waals surface area contributed by atoms with E-state index in [-0.39, 0.29) is 11.9 Å². The quantitative estimate of drug-likeness (QED) is 0.733. The van der Waals surface area contributed by atoms with Gasteiger partial charge >= 0.3 is 0 Å². The lowest BCUT2D eigenvalue weighted by molar-refractivity contribution is -0.118. The van der Waals surface area contributed by atoms with Crippen LogP contribution in [0.3, 0.4) is 0 Å². The average molecular weight is 359 g/mol. The predicted molar refractivity (Wildman–Crippen MR) is 104 cm³/mol. The Morgan fingerprint density at radius 2 is 1.84 bits per heavy atom. The van der Waals surface area contributed by atoms with Gasteiger partial charge in [0.15, 0.2) is 0 Å². The van der Waals surface area contributed by atoms with Crippen LogP contribution in [0.25, 0.3) is 0 Å². The summed E-state index contributed by atoms with van der Waals surface area (Å²) in [7, 11) is 5.68. The second-order valence-corrected chi connectivity index (χ2v) is 7.10. The van der Waals surface area contributed by atoms with Gasteiger partial charge in [-0.05, 0) is 38.7 Å². The molecule has 2 aromatic carbocycles. The molecule has 0 unspecified atom stereocenters. The lowest BCUT2D eigenvalue weighted by Gasteiger charge is -2.26. The lowest BCUT2D eigenvalue weighted by atomic mass is 10.0. The predicted octanol–water partition coefficient (Wildman–Crippen LogP) is 3.51. The molecular formula is C20H26N2O2S. The van der Waals surface area contributed by atoms with Crippen molar-refractivity contribution < 1.29 is 9.53 Å². The minimum Gasteiger partial charge on any atom is -0.496 e. The highest BCUT2D eigenvalue weighted by atomic mass is 32.2. The highest BCUT2D eigenvalue weighted by Crippen LogP contribution is 2.27. The van der Waals surface area contributed by atoms with Crippen LogP contribution in [-0.4, -0.2) is 44.3 Å². The number of aryl methyl sites for hydroxylation is 1. The van der Waals surface area contributed by atoms with E-state index in [9.17, 15) is 4.79 Å². The van der Waals surface area contributed by atoms with Crippen LogP contribution in [0.2, 0.25) is 0 Å². The van der Waals surface area contributed by atoms with Crippen LogP contribution in [0.4, 0.5) is 0 Å². The van der Waals surface area contributed by atoms with Gasteiger partial charge in [-0.2, -0.15) is 0 Å². The summed E-state index contributed by atoms with van der Waals surface area (Å²) in [5.74, 6) is 1.29. The monoisotopic (exact) mass is 358 g/mol. The fourth-order valence-corrected chi connectivity index (χ4v) is 3.49. The zero-order valence-corrected chi connectivity index (χ0v) is 16.1. The smallest absolute Gasteiger partial charge is 0.230 e. The molecular weight excluding hydrogens is 332 g/mol. The van der Waals surface area contributed by atoms with E-state index in [1.807, 2.05) is 56.6 Å². The number of nitrogens with zero attached hydrogens (tertiary/aromatic N) is 1. The van der Waals surface area contributed by atoms with Gasteiger partial charge in [0.25, 0.3) is 0 Å². The van der Waals surface area contributed by atoms with Crippen molar-refractivity contribution in [3.05, 3.63) is 59.7 Å². The largest absolute Gasteiger partial charge is 0.496 e. The zero-order valence-electron chi connectivity index (χ0n) is 15.3. The number of benzene rings is 2. The van der Waals surface area contributed by atoms with Gasteiger partial charge in [-0.15, -0.1) is 11.8 Å². The molecule has 0 heterocycles. The molecule has 0 saturated heterocycles. The number of amides is 1. The molecule has 2 aromatic rings. The maximum atomic E-state index is 12.3. The topological polar surface area (TPSA) is 41.6 Å². The summed E-state index contributed by atoms with van der Waals surface area (Å²) in [6.45, 7) is 2.60. The van der Waals surface area contributed by atoms with Gasteiger partial charge in [-0.3, -0.25) is 4.79 Å². The molecule has 0 radical (unpaired) electrons. The van der Waals surface area contributed by atoms with E-state index in [1.54, 1.807) is 18.9 Å². The van der Waals surface area contributed by atoms with Crippen LogP contribution in [0.1, 0.15) is 17.2 Å². The molecule has 1 amide bonds. The number of rotatable bonds is 8. The van der Waals surface area contributed by atoms with Crippen molar-refractivity contribution in [3.63, 3.8) is 0 Å². The molecule has 4 nitrogen and oxygen atoms in total. The van der Waals surface area contributed by atoms with E-state index in [2.05, 4.69) is 23.2 Å². The molecule has 0 spiro atoms. The Morgan fingerprint density at radius 3 is 2.52 bits per heavy atom. The first-order valence-corrected chi connectivity index (χ1v) is 9.26. The normalized spacial score (nSPS) is 12.0. The molecule has 2 rings (SSSR count). The van der Waals surface area contributed by atoms with Crippen molar-refractivity contribution in [2.24, 2.45) is 0 Å². The summed E-state index contributed by atoms with van der Waals surface area (Å²) >= 11 is 1.57. The standard InChI is InChI=1S/C20H26N2O2S/c1-15-9-5-8-12-19(15)25-14-20(23)21-13-17(22(2)3)16-10-6-7-11-18(16)24-4/h5-12,17H,13-14H2,1-4H3,(H,21,23)/t17-/m1/s1. The molecule has 5 heteroatoms. The van der Waals surface area contributed by atoms with Gasteiger partial charge in [0, 0.05) is 17.0 Å². The number of ether oxygens (including phenoxy) is 1. The molecule has 0 fully saturated rings. The van der Waals surface area contributed by atoms with Gasteiger partial charge in [-0.25, -0.2) is 0 Å². The molecule has 1 atom stereocenters. The average Bonchev–Trinajstić information content (AvgIpc) is 2.61. The first-order valence-electron chi connectivity index (χ1n) is 8.27. The van der Waals surface area contributed by atoms with Crippen LogP contribution in [0.5, 0.6) is 5.75 Å². The van der Waals surface area contributed by atoms with Crippen molar-refractivity contribution in [1.82, 2.24) is 10.2 Å². The number of nitrogens with one attached hydrogen (secondary N) is 1. The second kappa shape index (κ2) is 9.49. The molecule has 0 saturated carbocycles. The molecule has 0 aliphatic carbocycles. The SMILES string of the molecule is COc1ccccc1[C@@H](CNC(=O)CSc1ccccc1C)N(C)C. The molecule has 0 aliphatic rings. The van der Waals surface area contributed by atoms with Crippen LogP contribution >= 0.6 is 11.8 Å². The number of methoxy groups -OCH3 is 1. The Morgan fingerprint density at radius 1 is 1.16 bits per heavy atom. The van der Waals surface area contributed by atoms with Crippen LogP contribution < -0.4 is 10.1 Å². The van der Waals surface area contributed by atoms with Gasteiger partial charge < -0.3 is 15.0 Å². The zero-order chi connectivity index (χ0) is 18.2. The Kier molecular flexibility index (Phi) is 7.34. The maximum Gasteiger partial charge on any atom is 0.230 e. The molecule has 1 N–H and O–H groups in total. The van der Waals surface area contributed by atoms with E-state index in [0.717, 1.165) is 16.2 Å². The maximum absolute atomic E-state index is 12.3. The highest BCUT2D eigenvalue weighted by Gasteiger charge is 2.19. The van der Waals surface area contributed by atoms with Gasteiger partial charge in [-0.1, -0.05) is 36.4 Å². The van der Waals surface area contributed by atoms with Crippen molar-refractivity contribution >= 4 is 17.7 Å². The number of hydrogen-bond donors (Lipinski definition) is 1. The van der Waals surface area contributed by atoms with E-state index < -0.39 is 0 Å². The summed E-state index contributed by atoms with van der Waals surface area (Å²) in [5, 5.41) is 3.05. The number of carbonyl (C=O) groups excluding carboxylic acids is 1. The van der Waals surface area contributed by atoms with Crippen LogP contribution in [-0.2, 0) is 4.79 Å². The Hall–Kier alpha value is -1.98. The summed E-state index contributed by atoms with van der Waals surface area (Å²) in [6, 6.07) is 16.1. The van der Waals surface area contributed by atoms with Crippen LogP contribution in [0.15, 0.2) is 53.4 Å². The molecule has 0 aliphatic heterocycles. The molecule has 0 aromatic heterocycles. The number of hydrogen-bond acceptors (Lipinski definition) is 4. The van der Waals surface area contributed by atoms with E-state index >= 15 is 0 Å². The fraction of sp³-hybridized carbons (Fsp3) is 0.350. The summed E-state index contributed by atoms with van der Waals surface area (Å²) < 4.78 is 5.46. The van der Waals surface area contributed by atoms with Crippen LogP contribution in [0, 0.1) is 6.92 Å². The van der Waals surface area contributed by atoms with Crippen molar-refractivity contribution in [2.75, 3.05) is 33.5 Å².